The van der Waals surface area contributed by atoms with E-state index in [1.807, 2.05) is 4.90 Å². The molecule has 3 saturated heterocycles. The molecule has 8 rings (SSSR count). The number of anilines is 1. The predicted octanol–water partition coefficient (Wildman–Crippen LogP) is 4.81. The molecular weight excluding hydrogens is 644 g/mol. The van der Waals surface area contributed by atoms with Gasteiger partial charge in [0.15, 0.2) is 5.82 Å². The second-order valence-electron chi connectivity index (χ2n) is 13.0. The van der Waals surface area contributed by atoms with E-state index in [1.54, 1.807) is 12.3 Å². The van der Waals surface area contributed by atoms with Crippen molar-refractivity contribution in [1.82, 2.24) is 25.5 Å². The van der Waals surface area contributed by atoms with Crippen LogP contribution < -0.4 is 20.3 Å². The summed E-state index contributed by atoms with van der Waals surface area (Å²) < 4.78 is 68.7. The van der Waals surface area contributed by atoms with Crippen molar-refractivity contribution in [2.45, 2.75) is 42.9 Å². The first-order valence-corrected chi connectivity index (χ1v) is 15.7. The fourth-order valence-electron chi connectivity index (χ4n) is 7.82. The maximum absolute atomic E-state index is 16.9. The molecule has 1 spiro atoms. The molecule has 3 aromatic carbocycles. The molecule has 4 aromatic rings. The second-order valence-corrected chi connectivity index (χ2v) is 13.0. The van der Waals surface area contributed by atoms with E-state index in [9.17, 15) is 23.5 Å². The Balaban J connectivity index is 1.31. The molecule has 14 heteroatoms. The highest BCUT2D eigenvalue weighted by Crippen LogP contribution is 2.43. The standard InChI is InChI=1S/C35H28F4N6O4/c1-2-21-24(37)6-5-18-11-20(46)12-22(26(18)21)27-25(38)13-23-29(28(27)39)40-33(49-17-34-7-3-10-45(34)15-19(36)14-34)41-30(23)44-9-4-8-35(16-44)31(47)42-32(48)43-35/h1,4-6,9,11-13,19,46H,3,7-8,10,14-17H2,(H2,42,43,47,48)/t19-,34+,35?/m1/s1. The van der Waals surface area contributed by atoms with Crippen molar-refractivity contribution in [3.63, 3.8) is 0 Å². The van der Waals surface area contributed by atoms with E-state index in [-0.39, 0.29) is 82.9 Å². The van der Waals surface area contributed by atoms with Gasteiger partial charge in [-0.15, -0.1) is 6.42 Å². The van der Waals surface area contributed by atoms with Gasteiger partial charge in [-0.25, -0.2) is 22.4 Å². The van der Waals surface area contributed by atoms with Gasteiger partial charge in [0.05, 0.1) is 23.2 Å². The number of terminal acetylenes is 1. The smallest absolute Gasteiger partial charge is 0.322 e. The van der Waals surface area contributed by atoms with Gasteiger partial charge in [0, 0.05) is 41.9 Å². The number of hydrogen-bond acceptors (Lipinski definition) is 8. The molecule has 0 aliphatic carbocycles. The summed E-state index contributed by atoms with van der Waals surface area (Å²) in [5, 5.41) is 15.5. The van der Waals surface area contributed by atoms with Crippen molar-refractivity contribution < 1.29 is 37.0 Å². The number of carbonyl (C=O) groups excluding carboxylic acids is 2. The third kappa shape index (κ3) is 4.82. The number of nitrogens with zero attached hydrogens (tertiary/aromatic N) is 4. The molecule has 3 amide bonds. The lowest BCUT2D eigenvalue weighted by Gasteiger charge is -2.35. The SMILES string of the molecule is C#Cc1c(F)ccc2cc(O)cc(-c3c(F)cc4c(N5C=CCC6(C5)NC(=O)NC6=O)nc(OC[C@@]56CCCN5C[C@H](F)C6)nc4c3F)c12. The van der Waals surface area contributed by atoms with Gasteiger partial charge in [-0.1, -0.05) is 18.1 Å². The Morgan fingerprint density at radius 2 is 1.98 bits per heavy atom. The minimum Gasteiger partial charge on any atom is -0.508 e. The molecule has 0 radical (unpaired) electrons. The molecule has 3 fully saturated rings. The Hall–Kier alpha value is -5.42. The zero-order valence-electron chi connectivity index (χ0n) is 25.8. The number of aromatic hydroxyl groups is 1. The number of phenols is 1. The molecule has 49 heavy (non-hydrogen) atoms. The van der Waals surface area contributed by atoms with Crippen molar-refractivity contribution in [1.29, 1.82) is 0 Å². The predicted molar refractivity (Wildman–Crippen MR) is 171 cm³/mol. The Kier molecular flexibility index (Phi) is 6.97. The van der Waals surface area contributed by atoms with Gasteiger partial charge in [0.1, 0.15) is 47.0 Å². The van der Waals surface area contributed by atoms with E-state index in [0.717, 1.165) is 24.6 Å². The molecule has 3 atom stereocenters. The lowest BCUT2D eigenvalue weighted by molar-refractivity contribution is -0.123. The highest BCUT2D eigenvalue weighted by atomic mass is 19.1. The van der Waals surface area contributed by atoms with Gasteiger partial charge in [-0.05, 0) is 49.0 Å². The summed E-state index contributed by atoms with van der Waals surface area (Å²) in [6.07, 6.45) is 9.72. The maximum Gasteiger partial charge on any atom is 0.322 e. The van der Waals surface area contributed by atoms with Crippen LogP contribution in [0.3, 0.4) is 0 Å². The number of nitrogens with one attached hydrogen (secondary N) is 2. The molecule has 250 valence electrons. The molecule has 1 unspecified atom stereocenters. The molecule has 0 saturated carbocycles. The minimum atomic E-state index is -1.37. The molecule has 10 nitrogen and oxygen atoms in total. The number of benzene rings is 3. The van der Waals surface area contributed by atoms with Gasteiger partial charge in [-0.2, -0.15) is 9.97 Å². The highest BCUT2D eigenvalue weighted by Gasteiger charge is 2.50. The summed E-state index contributed by atoms with van der Waals surface area (Å²) in [4.78, 5) is 37.3. The average molecular weight is 673 g/mol. The topological polar surface area (TPSA) is 120 Å². The zero-order valence-corrected chi connectivity index (χ0v) is 25.8. The molecule has 4 aliphatic rings. The first-order valence-electron chi connectivity index (χ1n) is 15.7. The van der Waals surface area contributed by atoms with Crippen LogP contribution in [0.15, 0.2) is 42.6 Å². The van der Waals surface area contributed by atoms with Crippen LogP contribution in [0.5, 0.6) is 11.8 Å². The summed E-state index contributed by atoms with van der Waals surface area (Å²) in [6.45, 7) is 0.851. The number of halogens is 4. The number of urea groups is 1. The Morgan fingerprint density at radius 3 is 2.76 bits per heavy atom. The van der Waals surface area contributed by atoms with Gasteiger partial charge >= 0.3 is 12.0 Å². The van der Waals surface area contributed by atoms with Gasteiger partial charge in [0.25, 0.3) is 5.91 Å². The van der Waals surface area contributed by atoms with E-state index in [2.05, 4.69) is 26.5 Å². The van der Waals surface area contributed by atoms with Crippen LogP contribution in [0.25, 0.3) is 32.8 Å². The molecule has 4 aliphatic heterocycles. The summed E-state index contributed by atoms with van der Waals surface area (Å²) in [5.74, 6) is -1.75. The van der Waals surface area contributed by atoms with E-state index < -0.39 is 52.2 Å². The van der Waals surface area contributed by atoms with Crippen molar-refractivity contribution >= 4 is 39.4 Å². The summed E-state index contributed by atoms with van der Waals surface area (Å²) in [5.41, 5.74) is -3.43. The van der Waals surface area contributed by atoms with Crippen molar-refractivity contribution in [2.24, 2.45) is 0 Å². The zero-order chi connectivity index (χ0) is 34.2. The van der Waals surface area contributed by atoms with Gasteiger partial charge in [0.2, 0.25) is 0 Å². The lowest BCUT2D eigenvalue weighted by Crippen LogP contribution is -2.56. The number of alkyl halides is 1. The average Bonchev–Trinajstić information content (AvgIpc) is 3.68. The summed E-state index contributed by atoms with van der Waals surface area (Å²) in [7, 11) is 0. The third-order valence-electron chi connectivity index (χ3n) is 10.0. The van der Waals surface area contributed by atoms with Gasteiger partial charge < -0.3 is 20.1 Å². The first kappa shape index (κ1) is 30.9. The first-order chi connectivity index (χ1) is 23.5. The van der Waals surface area contributed by atoms with E-state index >= 15 is 8.78 Å². The number of fused-ring (bicyclic) bond motifs is 3. The van der Waals surface area contributed by atoms with E-state index in [0.29, 0.717) is 13.0 Å². The number of phenolic OH excluding ortho intramolecular Hbond substituents is 1. The van der Waals surface area contributed by atoms with Gasteiger partial charge in [-0.3, -0.25) is 15.0 Å². The normalized spacial score (nSPS) is 24.9. The fourth-order valence-corrected chi connectivity index (χ4v) is 7.82. The van der Waals surface area contributed by atoms with E-state index in [1.165, 1.54) is 17.0 Å². The van der Waals surface area contributed by atoms with Crippen molar-refractivity contribution in [3.05, 3.63) is 65.6 Å². The summed E-state index contributed by atoms with van der Waals surface area (Å²) >= 11 is 0. The third-order valence-corrected chi connectivity index (χ3v) is 10.0. The number of ether oxygens (including phenoxy) is 1. The second kappa shape index (κ2) is 11.1. The van der Waals surface area contributed by atoms with Crippen LogP contribution in [-0.2, 0) is 4.79 Å². The number of aromatic nitrogens is 2. The Labute approximate surface area is 276 Å². The largest absolute Gasteiger partial charge is 0.508 e. The van der Waals surface area contributed by atoms with Crippen LogP contribution in [-0.4, -0.2) is 75.4 Å². The number of hydrogen-bond donors (Lipinski definition) is 3. The molecule has 0 bridgehead atoms. The quantitative estimate of drug-likeness (QED) is 0.157. The van der Waals surface area contributed by atoms with Crippen molar-refractivity contribution in [3.8, 4) is 35.2 Å². The maximum atomic E-state index is 16.9. The monoisotopic (exact) mass is 672 g/mol. The molecular formula is C35H28F4N6O4. The molecule has 3 N–H and O–H groups in total. The van der Waals surface area contributed by atoms with E-state index in [4.69, 9.17) is 11.2 Å². The Morgan fingerprint density at radius 1 is 1.14 bits per heavy atom. The highest BCUT2D eigenvalue weighted by molar-refractivity contribution is 6.08. The van der Waals surface area contributed by atoms with Crippen LogP contribution in [0.1, 0.15) is 31.2 Å². The molecule has 5 heterocycles. The van der Waals surface area contributed by atoms with Crippen LogP contribution >= 0.6 is 0 Å². The fraction of sp³-hybridized carbons (Fsp3) is 0.314. The molecule has 1 aromatic heterocycles. The minimum absolute atomic E-state index is 0.00821. The number of imide groups is 1. The summed E-state index contributed by atoms with van der Waals surface area (Å²) in [6, 6.07) is 4.87. The number of rotatable bonds is 5. The Bertz CT molecular complexity index is 2190. The van der Waals surface area contributed by atoms with Crippen molar-refractivity contribution in [2.75, 3.05) is 31.1 Å². The number of carbonyl (C=O) groups is 2. The van der Waals surface area contributed by atoms with Crippen LogP contribution in [0.2, 0.25) is 0 Å². The van der Waals surface area contributed by atoms with Crippen LogP contribution in [0, 0.1) is 29.8 Å². The van der Waals surface area contributed by atoms with Crippen LogP contribution in [0.4, 0.5) is 28.2 Å². The number of amides is 3. The lowest BCUT2D eigenvalue weighted by atomic mass is 9.91.